The third-order valence-corrected chi connectivity index (χ3v) is 2.31. The summed E-state index contributed by atoms with van der Waals surface area (Å²) in [5.74, 6) is 1.30. The van der Waals surface area contributed by atoms with Gasteiger partial charge in [0.1, 0.15) is 0 Å². The van der Waals surface area contributed by atoms with Gasteiger partial charge in [0, 0.05) is 32.1 Å². The summed E-state index contributed by atoms with van der Waals surface area (Å²) in [6, 6.07) is 0. The van der Waals surface area contributed by atoms with Gasteiger partial charge in [-0.15, -0.1) is 0 Å². The van der Waals surface area contributed by atoms with Crippen molar-refractivity contribution >= 4 is 5.95 Å². The van der Waals surface area contributed by atoms with E-state index in [0.29, 0.717) is 11.8 Å². The van der Waals surface area contributed by atoms with Gasteiger partial charge in [-0.3, -0.25) is 0 Å². The Morgan fingerprint density at radius 1 is 1.43 bits per heavy atom. The summed E-state index contributed by atoms with van der Waals surface area (Å²) < 4.78 is 5.22. The van der Waals surface area contributed by atoms with Crippen molar-refractivity contribution < 1.29 is 4.74 Å². The molecule has 0 fully saturated rings. The van der Waals surface area contributed by atoms with Gasteiger partial charge in [-0.2, -0.15) is 4.98 Å². The molecule has 0 spiro atoms. The maximum Gasteiger partial charge on any atom is 0.225 e. The third kappa shape index (κ3) is 1.50. The zero-order valence-electron chi connectivity index (χ0n) is 8.42. The molecule has 14 heavy (non-hydrogen) atoms. The lowest BCUT2D eigenvalue weighted by atomic mass is 10.1. The van der Waals surface area contributed by atoms with Crippen LogP contribution >= 0.6 is 0 Å². The summed E-state index contributed by atoms with van der Waals surface area (Å²) >= 11 is 0. The lowest BCUT2D eigenvalue weighted by molar-refractivity contribution is 0.386. The van der Waals surface area contributed by atoms with E-state index in [1.807, 2.05) is 7.05 Å². The van der Waals surface area contributed by atoms with Gasteiger partial charge in [0.05, 0.1) is 12.8 Å². The van der Waals surface area contributed by atoms with Gasteiger partial charge in [-0.1, -0.05) is 0 Å². The highest BCUT2D eigenvalue weighted by Crippen LogP contribution is 2.22. The van der Waals surface area contributed by atoms with Crippen LogP contribution in [-0.4, -0.2) is 30.7 Å². The fraction of sp³-hybridized carbons (Fsp3) is 0.556. The molecule has 5 heteroatoms. The molecule has 0 radical (unpaired) electrons. The minimum Gasteiger partial charge on any atom is -0.481 e. The minimum atomic E-state index is 0.627. The summed E-state index contributed by atoms with van der Waals surface area (Å²) in [4.78, 5) is 8.64. The SMILES string of the molecule is CNc1nc2c(c(OC)n1)CNCC2. The molecule has 0 aliphatic carbocycles. The summed E-state index contributed by atoms with van der Waals surface area (Å²) in [6.07, 6.45) is 0.933. The molecule has 0 amide bonds. The molecular weight excluding hydrogens is 180 g/mol. The lowest BCUT2D eigenvalue weighted by Crippen LogP contribution is -2.26. The number of ether oxygens (including phenoxy) is 1. The summed E-state index contributed by atoms with van der Waals surface area (Å²) in [5.41, 5.74) is 2.16. The zero-order valence-corrected chi connectivity index (χ0v) is 8.42. The zero-order chi connectivity index (χ0) is 9.97. The van der Waals surface area contributed by atoms with Crippen LogP contribution in [0.15, 0.2) is 0 Å². The molecule has 1 aromatic heterocycles. The van der Waals surface area contributed by atoms with Crippen molar-refractivity contribution in [3.8, 4) is 5.88 Å². The van der Waals surface area contributed by atoms with Gasteiger partial charge in [0.25, 0.3) is 0 Å². The maximum absolute atomic E-state index is 5.22. The van der Waals surface area contributed by atoms with Crippen molar-refractivity contribution in [2.45, 2.75) is 13.0 Å². The van der Waals surface area contributed by atoms with Crippen molar-refractivity contribution in [3.05, 3.63) is 11.3 Å². The highest BCUT2D eigenvalue weighted by Gasteiger charge is 2.17. The molecular formula is C9H14N4O. The number of aromatic nitrogens is 2. The molecule has 5 nitrogen and oxygen atoms in total. The van der Waals surface area contributed by atoms with Crippen LogP contribution in [0.4, 0.5) is 5.95 Å². The first kappa shape index (κ1) is 9.21. The third-order valence-electron chi connectivity index (χ3n) is 2.31. The fourth-order valence-corrected chi connectivity index (χ4v) is 1.59. The van der Waals surface area contributed by atoms with E-state index in [1.165, 1.54) is 0 Å². The molecule has 1 aromatic rings. The van der Waals surface area contributed by atoms with E-state index in [2.05, 4.69) is 20.6 Å². The number of fused-ring (bicyclic) bond motifs is 1. The number of hydrogen-bond donors (Lipinski definition) is 2. The largest absolute Gasteiger partial charge is 0.481 e. The number of methoxy groups -OCH3 is 1. The van der Waals surface area contributed by atoms with Crippen molar-refractivity contribution in [2.24, 2.45) is 0 Å². The van der Waals surface area contributed by atoms with Crippen LogP contribution in [0, 0.1) is 0 Å². The Hall–Kier alpha value is -1.36. The number of anilines is 1. The van der Waals surface area contributed by atoms with E-state index in [0.717, 1.165) is 30.8 Å². The second-order valence-electron chi connectivity index (χ2n) is 3.16. The highest BCUT2D eigenvalue weighted by atomic mass is 16.5. The first-order valence-electron chi connectivity index (χ1n) is 4.67. The number of nitrogens with one attached hydrogen (secondary N) is 2. The molecule has 76 valence electrons. The lowest BCUT2D eigenvalue weighted by Gasteiger charge is -2.18. The highest BCUT2D eigenvalue weighted by molar-refractivity contribution is 5.39. The molecule has 0 aromatic carbocycles. The Morgan fingerprint density at radius 2 is 2.29 bits per heavy atom. The van der Waals surface area contributed by atoms with Crippen LogP contribution in [0.5, 0.6) is 5.88 Å². The monoisotopic (exact) mass is 194 g/mol. The fourth-order valence-electron chi connectivity index (χ4n) is 1.59. The predicted molar refractivity (Wildman–Crippen MR) is 53.5 cm³/mol. The molecule has 1 aliphatic heterocycles. The van der Waals surface area contributed by atoms with Gasteiger partial charge in [-0.05, 0) is 0 Å². The Kier molecular flexibility index (Phi) is 2.49. The first-order chi connectivity index (χ1) is 6.85. The van der Waals surface area contributed by atoms with Crippen LogP contribution < -0.4 is 15.4 Å². The quantitative estimate of drug-likeness (QED) is 0.703. The first-order valence-corrected chi connectivity index (χ1v) is 4.67. The Labute approximate surface area is 82.9 Å². The predicted octanol–water partition coefficient (Wildman–Crippen LogP) is 0.173. The minimum absolute atomic E-state index is 0.627. The summed E-state index contributed by atoms with van der Waals surface area (Å²) in [5, 5.41) is 6.20. The summed E-state index contributed by atoms with van der Waals surface area (Å²) in [6.45, 7) is 1.76. The Bertz CT molecular complexity index is 323. The van der Waals surface area contributed by atoms with E-state index < -0.39 is 0 Å². The van der Waals surface area contributed by atoms with Crippen molar-refractivity contribution in [3.63, 3.8) is 0 Å². The van der Waals surface area contributed by atoms with Gasteiger partial charge in [0.2, 0.25) is 11.8 Å². The van der Waals surface area contributed by atoms with Gasteiger partial charge < -0.3 is 15.4 Å². The van der Waals surface area contributed by atoms with Gasteiger partial charge >= 0.3 is 0 Å². The molecule has 0 bridgehead atoms. The number of nitrogens with zero attached hydrogens (tertiary/aromatic N) is 2. The van der Waals surface area contributed by atoms with E-state index in [-0.39, 0.29) is 0 Å². The van der Waals surface area contributed by atoms with E-state index in [1.54, 1.807) is 7.11 Å². The average Bonchev–Trinajstić information content (AvgIpc) is 2.27. The molecule has 2 rings (SSSR count). The second kappa shape index (κ2) is 3.79. The molecule has 0 atom stereocenters. The van der Waals surface area contributed by atoms with Crippen LogP contribution in [-0.2, 0) is 13.0 Å². The van der Waals surface area contributed by atoms with Crippen molar-refractivity contribution in [1.82, 2.24) is 15.3 Å². The standard InChI is InChI=1S/C9H14N4O/c1-10-9-12-7-3-4-11-5-6(7)8(13-9)14-2/h11H,3-5H2,1-2H3,(H,10,12,13). The Morgan fingerprint density at radius 3 is 3.00 bits per heavy atom. The number of hydrogen-bond acceptors (Lipinski definition) is 5. The number of rotatable bonds is 2. The maximum atomic E-state index is 5.22. The van der Waals surface area contributed by atoms with E-state index >= 15 is 0 Å². The molecule has 1 aliphatic rings. The average molecular weight is 194 g/mol. The van der Waals surface area contributed by atoms with Crippen LogP contribution in [0.1, 0.15) is 11.3 Å². The molecule has 2 N–H and O–H groups in total. The van der Waals surface area contributed by atoms with Crippen LogP contribution in [0.25, 0.3) is 0 Å². The molecule has 0 unspecified atom stereocenters. The second-order valence-corrected chi connectivity index (χ2v) is 3.16. The van der Waals surface area contributed by atoms with Crippen molar-refractivity contribution in [2.75, 3.05) is 26.0 Å². The molecule has 2 heterocycles. The van der Waals surface area contributed by atoms with Gasteiger partial charge in [-0.25, -0.2) is 4.98 Å². The smallest absolute Gasteiger partial charge is 0.225 e. The normalized spacial score (nSPS) is 14.7. The molecule has 0 saturated carbocycles. The van der Waals surface area contributed by atoms with Gasteiger partial charge in [0.15, 0.2) is 0 Å². The van der Waals surface area contributed by atoms with Crippen LogP contribution in [0.3, 0.4) is 0 Å². The van der Waals surface area contributed by atoms with Crippen molar-refractivity contribution in [1.29, 1.82) is 0 Å². The van der Waals surface area contributed by atoms with E-state index in [4.69, 9.17) is 4.74 Å². The Balaban J connectivity index is 2.47. The topological polar surface area (TPSA) is 59.1 Å². The van der Waals surface area contributed by atoms with E-state index in [9.17, 15) is 0 Å². The summed E-state index contributed by atoms with van der Waals surface area (Å²) in [7, 11) is 3.44. The molecule has 0 saturated heterocycles. The van der Waals surface area contributed by atoms with Crippen LogP contribution in [0.2, 0.25) is 0 Å².